The summed E-state index contributed by atoms with van der Waals surface area (Å²) in [5.74, 6) is -1.78. The number of rotatable bonds is 7. The maximum absolute atomic E-state index is 13.2. The van der Waals surface area contributed by atoms with Gasteiger partial charge in [-0.3, -0.25) is 9.59 Å². The van der Waals surface area contributed by atoms with Crippen LogP contribution in [0.5, 0.6) is 0 Å². The van der Waals surface area contributed by atoms with E-state index in [1.165, 1.54) is 24.3 Å². The predicted molar refractivity (Wildman–Crippen MR) is 96.1 cm³/mol. The van der Waals surface area contributed by atoms with E-state index in [0.717, 1.165) is 6.42 Å². The summed E-state index contributed by atoms with van der Waals surface area (Å²) in [4.78, 5) is 25.3. The number of carboxylic acid groups (broad SMARTS) is 1. The molecule has 3 rings (SSSR count). The van der Waals surface area contributed by atoms with Crippen LogP contribution in [0.25, 0.3) is 0 Å². The second kappa shape index (κ2) is 6.72. The highest BCUT2D eigenvalue weighted by Gasteiger charge is 2.52. The average Bonchev–Trinajstić information content (AvgIpc) is 3.22. The molecule has 1 unspecified atom stereocenters. The van der Waals surface area contributed by atoms with Crippen LogP contribution in [0.3, 0.4) is 0 Å². The van der Waals surface area contributed by atoms with E-state index in [4.69, 9.17) is 0 Å². The van der Waals surface area contributed by atoms with Crippen LogP contribution in [0.2, 0.25) is 0 Å². The van der Waals surface area contributed by atoms with Gasteiger partial charge in [-0.25, -0.2) is 8.42 Å². The molecule has 0 aliphatic carbocycles. The topological polar surface area (TPSA) is 93.4 Å². The third-order valence-electron chi connectivity index (χ3n) is 4.97. The Morgan fingerprint density at radius 1 is 1.23 bits per heavy atom. The number of ketones is 1. The number of aromatic nitrogens is 1. The molecule has 1 aliphatic rings. The van der Waals surface area contributed by atoms with Crippen molar-refractivity contribution < 1.29 is 23.1 Å². The SMILES string of the molecule is CCCCS(=O)(=O)c1cccc(C(=O)C2(C(=O)O)CCn3cccc32)c1. The first-order chi connectivity index (χ1) is 12.3. The fourth-order valence-electron chi connectivity index (χ4n) is 3.49. The maximum atomic E-state index is 13.2. The minimum absolute atomic E-state index is 0.00800. The summed E-state index contributed by atoms with van der Waals surface area (Å²) in [5.41, 5.74) is -1.12. The summed E-state index contributed by atoms with van der Waals surface area (Å²) >= 11 is 0. The highest BCUT2D eigenvalue weighted by Crippen LogP contribution is 2.39. The molecule has 7 heteroatoms. The Hall–Kier alpha value is -2.41. The van der Waals surface area contributed by atoms with Gasteiger partial charge in [0.1, 0.15) is 0 Å². The van der Waals surface area contributed by atoms with Gasteiger partial charge in [0.25, 0.3) is 0 Å². The first-order valence-electron chi connectivity index (χ1n) is 8.59. The van der Waals surface area contributed by atoms with Crippen LogP contribution in [-0.4, -0.2) is 35.6 Å². The number of unbranched alkanes of at least 4 members (excludes halogenated alkanes) is 1. The van der Waals surface area contributed by atoms with Crippen LogP contribution in [0.15, 0.2) is 47.5 Å². The van der Waals surface area contributed by atoms with Gasteiger partial charge in [0, 0.05) is 24.0 Å². The molecule has 0 fully saturated rings. The second-order valence-corrected chi connectivity index (χ2v) is 8.69. The van der Waals surface area contributed by atoms with Gasteiger partial charge >= 0.3 is 5.97 Å². The minimum atomic E-state index is -3.50. The van der Waals surface area contributed by atoms with Gasteiger partial charge in [0.2, 0.25) is 0 Å². The summed E-state index contributed by atoms with van der Waals surface area (Å²) in [6.07, 6.45) is 3.19. The Balaban J connectivity index is 2.03. The highest BCUT2D eigenvalue weighted by molar-refractivity contribution is 7.91. The largest absolute Gasteiger partial charge is 0.480 e. The van der Waals surface area contributed by atoms with Crippen LogP contribution < -0.4 is 0 Å². The number of aryl methyl sites for hydroxylation is 1. The number of carboxylic acids is 1. The molecule has 0 spiro atoms. The van der Waals surface area contributed by atoms with Gasteiger partial charge in [-0.2, -0.15) is 0 Å². The van der Waals surface area contributed by atoms with Gasteiger partial charge in [0.15, 0.2) is 21.0 Å². The molecular formula is C19H21NO5S. The predicted octanol–water partition coefficient (Wildman–Crippen LogP) is 2.67. The molecule has 0 radical (unpaired) electrons. The number of carbonyl (C=O) groups is 2. The number of sulfone groups is 1. The molecular weight excluding hydrogens is 354 g/mol. The van der Waals surface area contributed by atoms with Crippen molar-refractivity contribution in [3.63, 3.8) is 0 Å². The molecule has 1 N–H and O–H groups in total. The molecule has 2 heterocycles. The normalized spacial score (nSPS) is 19.3. The number of carbonyl (C=O) groups excluding carboxylic acids is 1. The van der Waals surface area contributed by atoms with Crippen LogP contribution >= 0.6 is 0 Å². The first kappa shape index (κ1) is 18.4. The Labute approximate surface area is 152 Å². The molecule has 138 valence electrons. The monoisotopic (exact) mass is 375 g/mol. The Morgan fingerprint density at radius 3 is 2.69 bits per heavy atom. The number of Topliss-reactive ketones (excluding diaryl/α,β-unsaturated/α-hetero) is 1. The molecule has 1 aliphatic heterocycles. The van der Waals surface area contributed by atoms with Crippen molar-refractivity contribution in [2.24, 2.45) is 0 Å². The molecule has 1 atom stereocenters. The van der Waals surface area contributed by atoms with E-state index in [1.54, 1.807) is 22.9 Å². The van der Waals surface area contributed by atoms with Crippen molar-refractivity contribution in [3.8, 4) is 0 Å². The van der Waals surface area contributed by atoms with E-state index in [-0.39, 0.29) is 22.6 Å². The molecule has 1 aromatic carbocycles. The van der Waals surface area contributed by atoms with E-state index in [2.05, 4.69) is 0 Å². The molecule has 0 saturated heterocycles. The van der Waals surface area contributed by atoms with Crippen molar-refractivity contribution in [1.82, 2.24) is 4.57 Å². The van der Waals surface area contributed by atoms with Crippen LogP contribution in [0, 0.1) is 0 Å². The Morgan fingerprint density at radius 2 is 2.00 bits per heavy atom. The summed E-state index contributed by atoms with van der Waals surface area (Å²) < 4.78 is 26.6. The van der Waals surface area contributed by atoms with Crippen molar-refractivity contribution in [1.29, 1.82) is 0 Å². The molecule has 0 saturated carbocycles. The zero-order valence-electron chi connectivity index (χ0n) is 14.5. The summed E-state index contributed by atoms with van der Waals surface area (Å²) in [5, 5.41) is 9.85. The minimum Gasteiger partial charge on any atom is -0.480 e. The summed E-state index contributed by atoms with van der Waals surface area (Å²) in [7, 11) is -3.50. The van der Waals surface area contributed by atoms with E-state index in [9.17, 15) is 23.1 Å². The van der Waals surface area contributed by atoms with Crippen molar-refractivity contribution in [2.45, 2.75) is 43.0 Å². The number of aliphatic carboxylic acids is 1. The third kappa shape index (κ3) is 2.86. The van der Waals surface area contributed by atoms with Gasteiger partial charge in [-0.05, 0) is 37.1 Å². The first-order valence-corrected chi connectivity index (χ1v) is 10.2. The molecule has 2 aromatic rings. The zero-order valence-corrected chi connectivity index (χ0v) is 15.3. The zero-order chi connectivity index (χ0) is 18.9. The Kier molecular flexibility index (Phi) is 4.75. The van der Waals surface area contributed by atoms with E-state index >= 15 is 0 Å². The summed E-state index contributed by atoms with van der Waals surface area (Å²) in [6, 6.07) is 9.09. The number of hydrogen-bond donors (Lipinski definition) is 1. The van der Waals surface area contributed by atoms with Crippen molar-refractivity contribution in [2.75, 3.05) is 5.75 Å². The van der Waals surface area contributed by atoms with Crippen LogP contribution in [0.1, 0.15) is 42.2 Å². The number of hydrogen-bond acceptors (Lipinski definition) is 4. The quantitative estimate of drug-likeness (QED) is 0.593. The Bertz CT molecular complexity index is 960. The van der Waals surface area contributed by atoms with E-state index < -0.39 is 27.0 Å². The highest BCUT2D eigenvalue weighted by atomic mass is 32.2. The molecule has 0 bridgehead atoms. The van der Waals surface area contributed by atoms with Gasteiger partial charge in [-0.1, -0.05) is 25.5 Å². The fourth-order valence-corrected chi connectivity index (χ4v) is 4.98. The van der Waals surface area contributed by atoms with Crippen molar-refractivity contribution in [3.05, 3.63) is 53.9 Å². The third-order valence-corrected chi connectivity index (χ3v) is 6.77. The van der Waals surface area contributed by atoms with Crippen LogP contribution in [0.4, 0.5) is 0 Å². The lowest BCUT2D eigenvalue weighted by Gasteiger charge is -2.22. The average molecular weight is 375 g/mol. The lowest BCUT2D eigenvalue weighted by molar-refractivity contribution is -0.141. The number of benzene rings is 1. The molecule has 1 aromatic heterocycles. The lowest BCUT2D eigenvalue weighted by atomic mass is 9.76. The molecule has 6 nitrogen and oxygen atoms in total. The lowest BCUT2D eigenvalue weighted by Crippen LogP contribution is -2.42. The van der Waals surface area contributed by atoms with Crippen molar-refractivity contribution >= 4 is 21.6 Å². The second-order valence-electron chi connectivity index (χ2n) is 6.58. The fraction of sp³-hybridized carbons (Fsp3) is 0.368. The van der Waals surface area contributed by atoms with E-state index in [0.29, 0.717) is 18.7 Å². The van der Waals surface area contributed by atoms with Gasteiger partial charge in [-0.15, -0.1) is 0 Å². The van der Waals surface area contributed by atoms with Gasteiger partial charge in [0.05, 0.1) is 10.6 Å². The number of nitrogens with zero attached hydrogens (tertiary/aromatic N) is 1. The number of fused-ring (bicyclic) bond motifs is 1. The molecule has 0 amide bonds. The van der Waals surface area contributed by atoms with Gasteiger partial charge < -0.3 is 9.67 Å². The summed E-state index contributed by atoms with van der Waals surface area (Å²) in [6.45, 7) is 2.34. The standard InChI is InChI=1S/C19H21NO5S/c1-2-3-12-26(24,25)15-7-4-6-14(13-15)17(21)19(18(22)23)9-11-20-10-5-8-16(19)20/h4-8,10,13H,2-3,9,11-12H2,1H3,(H,22,23). The maximum Gasteiger partial charge on any atom is 0.323 e. The van der Waals surface area contributed by atoms with Crippen LogP contribution in [-0.2, 0) is 26.6 Å². The smallest absolute Gasteiger partial charge is 0.323 e. The molecule has 26 heavy (non-hydrogen) atoms. The van der Waals surface area contributed by atoms with E-state index in [1.807, 2.05) is 6.92 Å².